The Bertz CT molecular complexity index is 866. The maximum absolute atomic E-state index is 12.3. The fourth-order valence-corrected chi connectivity index (χ4v) is 3.19. The quantitative estimate of drug-likeness (QED) is 0.889. The number of hydrogen-bond acceptors (Lipinski definition) is 5. The topological polar surface area (TPSA) is 73.9 Å². The minimum atomic E-state index is -4.84. The highest BCUT2D eigenvalue weighted by Crippen LogP contribution is 2.33. The number of fused-ring (bicyclic) bond motifs is 1. The summed E-state index contributed by atoms with van der Waals surface area (Å²) in [5.41, 5.74) is 0.236. The normalized spacial score (nSPS) is 14.0. The van der Waals surface area contributed by atoms with Crippen molar-refractivity contribution >= 4 is 15.7 Å². The summed E-state index contributed by atoms with van der Waals surface area (Å²) < 4.78 is 77.8. The van der Waals surface area contributed by atoms with E-state index in [2.05, 4.69) is 9.46 Å². The lowest BCUT2D eigenvalue weighted by Gasteiger charge is -2.19. The van der Waals surface area contributed by atoms with Crippen LogP contribution in [0.1, 0.15) is 0 Å². The van der Waals surface area contributed by atoms with E-state index >= 15 is 0 Å². The van der Waals surface area contributed by atoms with Crippen LogP contribution >= 0.6 is 0 Å². The van der Waals surface area contributed by atoms with E-state index < -0.39 is 22.1 Å². The Morgan fingerprint density at radius 2 is 1.60 bits per heavy atom. The van der Waals surface area contributed by atoms with Gasteiger partial charge in [0.25, 0.3) is 10.0 Å². The number of anilines is 1. The predicted octanol–water partition coefficient (Wildman–Crippen LogP) is 3.16. The Morgan fingerprint density at radius 3 is 2.24 bits per heavy atom. The summed E-state index contributed by atoms with van der Waals surface area (Å²) in [6.45, 7) is 0.758. The Hall–Kier alpha value is -2.62. The molecule has 0 fully saturated rings. The second-order valence-corrected chi connectivity index (χ2v) is 6.67. The van der Waals surface area contributed by atoms with Crippen molar-refractivity contribution in [1.29, 1.82) is 0 Å². The fraction of sp³-hybridized carbons (Fsp3) is 0.200. The highest BCUT2D eigenvalue weighted by atomic mass is 32.2. The molecule has 134 valence electrons. The molecule has 1 N–H and O–H groups in total. The van der Waals surface area contributed by atoms with Gasteiger partial charge in [-0.15, -0.1) is 13.2 Å². The molecular weight excluding hydrogens is 363 g/mol. The van der Waals surface area contributed by atoms with E-state index in [0.29, 0.717) is 24.7 Å². The number of halogens is 3. The van der Waals surface area contributed by atoms with E-state index in [9.17, 15) is 21.6 Å². The summed E-state index contributed by atoms with van der Waals surface area (Å²) in [6, 6.07) is 8.40. The Kier molecular flexibility index (Phi) is 4.38. The minimum absolute atomic E-state index is 0.211. The Labute approximate surface area is 141 Å². The van der Waals surface area contributed by atoms with Crippen LogP contribution in [0.15, 0.2) is 47.4 Å². The first-order valence-electron chi connectivity index (χ1n) is 7.01. The average Bonchev–Trinajstić information content (AvgIpc) is 2.53. The molecule has 0 saturated carbocycles. The summed E-state index contributed by atoms with van der Waals surface area (Å²) in [4.78, 5) is -0.211. The molecule has 0 aliphatic carbocycles. The summed E-state index contributed by atoms with van der Waals surface area (Å²) in [5, 5.41) is 0. The van der Waals surface area contributed by atoms with E-state index in [-0.39, 0.29) is 10.6 Å². The molecule has 0 aromatic heterocycles. The van der Waals surface area contributed by atoms with Gasteiger partial charge in [-0.25, -0.2) is 8.42 Å². The SMILES string of the molecule is O=S(=O)(Nc1ccc2c(c1)OCCO2)c1ccc(OC(F)(F)F)cc1. The van der Waals surface area contributed by atoms with Crippen molar-refractivity contribution < 1.29 is 35.8 Å². The number of hydrogen-bond donors (Lipinski definition) is 1. The fourth-order valence-electron chi connectivity index (χ4n) is 2.14. The van der Waals surface area contributed by atoms with Gasteiger partial charge in [-0.05, 0) is 36.4 Å². The van der Waals surface area contributed by atoms with Gasteiger partial charge in [0.2, 0.25) is 0 Å². The van der Waals surface area contributed by atoms with Gasteiger partial charge in [0, 0.05) is 6.07 Å². The number of sulfonamides is 1. The van der Waals surface area contributed by atoms with Gasteiger partial charge >= 0.3 is 6.36 Å². The lowest BCUT2D eigenvalue weighted by atomic mass is 10.3. The number of rotatable bonds is 4. The highest BCUT2D eigenvalue weighted by Gasteiger charge is 2.31. The molecule has 10 heteroatoms. The van der Waals surface area contributed by atoms with Crippen LogP contribution in [0.4, 0.5) is 18.9 Å². The largest absolute Gasteiger partial charge is 0.573 e. The Morgan fingerprint density at radius 1 is 0.960 bits per heavy atom. The van der Waals surface area contributed by atoms with Gasteiger partial charge in [-0.2, -0.15) is 0 Å². The van der Waals surface area contributed by atoms with E-state index in [4.69, 9.17) is 9.47 Å². The van der Waals surface area contributed by atoms with Crippen molar-refractivity contribution in [3.05, 3.63) is 42.5 Å². The van der Waals surface area contributed by atoms with E-state index in [1.54, 1.807) is 6.07 Å². The maximum atomic E-state index is 12.3. The van der Waals surface area contributed by atoms with Crippen molar-refractivity contribution in [1.82, 2.24) is 0 Å². The zero-order valence-electron chi connectivity index (χ0n) is 12.5. The molecule has 2 aromatic carbocycles. The summed E-state index contributed by atoms with van der Waals surface area (Å²) in [7, 11) is -3.98. The monoisotopic (exact) mass is 375 g/mol. The molecular formula is C15H12F3NO5S. The average molecular weight is 375 g/mol. The first kappa shape index (κ1) is 17.2. The lowest BCUT2D eigenvalue weighted by Crippen LogP contribution is -2.18. The summed E-state index contributed by atoms with van der Waals surface area (Å²) in [5.74, 6) is 0.397. The van der Waals surface area contributed by atoms with Crippen LogP contribution in [-0.2, 0) is 10.0 Å². The molecule has 6 nitrogen and oxygen atoms in total. The number of benzene rings is 2. The van der Waals surface area contributed by atoms with E-state index in [1.165, 1.54) is 12.1 Å². The van der Waals surface area contributed by atoms with Crippen LogP contribution in [0, 0.1) is 0 Å². The summed E-state index contributed by atoms with van der Waals surface area (Å²) in [6.07, 6.45) is -4.84. The number of alkyl halides is 3. The van der Waals surface area contributed by atoms with E-state index in [0.717, 1.165) is 24.3 Å². The molecule has 0 saturated heterocycles. The molecule has 0 bridgehead atoms. The molecule has 25 heavy (non-hydrogen) atoms. The van der Waals surface area contributed by atoms with Crippen molar-refractivity contribution in [2.75, 3.05) is 17.9 Å². The minimum Gasteiger partial charge on any atom is -0.486 e. The number of ether oxygens (including phenoxy) is 3. The van der Waals surface area contributed by atoms with Gasteiger partial charge in [0.05, 0.1) is 10.6 Å². The second kappa shape index (κ2) is 6.36. The molecule has 3 rings (SSSR count). The van der Waals surface area contributed by atoms with Crippen LogP contribution in [0.5, 0.6) is 17.2 Å². The molecule has 0 unspecified atom stereocenters. The predicted molar refractivity (Wildman–Crippen MR) is 81.4 cm³/mol. The third-order valence-electron chi connectivity index (χ3n) is 3.16. The standard InChI is InChI=1S/C15H12F3NO5S/c16-15(17,18)24-11-2-4-12(5-3-11)25(20,21)19-10-1-6-13-14(9-10)23-8-7-22-13/h1-6,9,19H,7-8H2. The highest BCUT2D eigenvalue weighted by molar-refractivity contribution is 7.92. The van der Waals surface area contributed by atoms with Gasteiger partial charge in [0.15, 0.2) is 11.5 Å². The second-order valence-electron chi connectivity index (χ2n) is 4.98. The van der Waals surface area contributed by atoms with Gasteiger partial charge in [-0.1, -0.05) is 0 Å². The van der Waals surface area contributed by atoms with Crippen molar-refractivity contribution in [2.24, 2.45) is 0 Å². The van der Waals surface area contributed by atoms with Gasteiger partial charge < -0.3 is 14.2 Å². The molecule has 0 atom stereocenters. The van der Waals surface area contributed by atoms with E-state index in [1.807, 2.05) is 0 Å². The molecule has 0 amide bonds. The van der Waals surface area contributed by atoms with Crippen molar-refractivity contribution in [2.45, 2.75) is 11.3 Å². The summed E-state index contributed by atoms with van der Waals surface area (Å²) >= 11 is 0. The van der Waals surface area contributed by atoms with Gasteiger partial charge in [0.1, 0.15) is 19.0 Å². The molecule has 0 radical (unpaired) electrons. The van der Waals surface area contributed by atoms with Crippen LogP contribution in [0.3, 0.4) is 0 Å². The zero-order valence-corrected chi connectivity index (χ0v) is 13.4. The first-order valence-corrected chi connectivity index (χ1v) is 8.49. The molecule has 1 aliphatic rings. The Balaban J connectivity index is 1.77. The third-order valence-corrected chi connectivity index (χ3v) is 4.56. The molecule has 0 spiro atoms. The molecule has 1 heterocycles. The molecule has 1 aliphatic heterocycles. The third kappa shape index (κ3) is 4.27. The lowest BCUT2D eigenvalue weighted by molar-refractivity contribution is -0.274. The van der Waals surface area contributed by atoms with Crippen molar-refractivity contribution in [3.8, 4) is 17.2 Å². The first-order chi connectivity index (χ1) is 11.7. The van der Waals surface area contributed by atoms with Crippen LogP contribution in [0.2, 0.25) is 0 Å². The smallest absolute Gasteiger partial charge is 0.486 e. The van der Waals surface area contributed by atoms with Gasteiger partial charge in [-0.3, -0.25) is 4.72 Å². The van der Waals surface area contributed by atoms with Crippen LogP contribution in [-0.4, -0.2) is 28.0 Å². The van der Waals surface area contributed by atoms with Crippen molar-refractivity contribution in [3.63, 3.8) is 0 Å². The molecule has 2 aromatic rings. The van der Waals surface area contributed by atoms with Crippen LogP contribution < -0.4 is 18.9 Å². The van der Waals surface area contributed by atoms with Crippen LogP contribution in [0.25, 0.3) is 0 Å². The zero-order chi connectivity index (χ0) is 18.1. The maximum Gasteiger partial charge on any atom is 0.573 e. The number of nitrogens with one attached hydrogen (secondary N) is 1.